The van der Waals surface area contributed by atoms with Crippen LogP contribution < -0.4 is 5.56 Å². The summed E-state index contributed by atoms with van der Waals surface area (Å²) < 4.78 is 14.9. The van der Waals surface area contributed by atoms with E-state index in [0.29, 0.717) is 21.9 Å². The maximum absolute atomic E-state index is 13.4. The molecule has 0 bridgehead atoms. The zero-order valence-electron chi connectivity index (χ0n) is 10.8. The van der Waals surface area contributed by atoms with Gasteiger partial charge in [0.2, 0.25) is 0 Å². The molecule has 20 heavy (non-hydrogen) atoms. The maximum Gasteiger partial charge on any atom is 0.258 e. The molecule has 0 radical (unpaired) electrons. The van der Waals surface area contributed by atoms with Gasteiger partial charge in [-0.2, -0.15) is 0 Å². The lowest BCUT2D eigenvalue weighted by atomic mass is 10.0. The van der Waals surface area contributed by atoms with Crippen LogP contribution in [0.15, 0.2) is 53.5 Å². The average Bonchev–Trinajstić information content (AvgIpc) is 2.42. The van der Waals surface area contributed by atoms with Gasteiger partial charge in [-0.25, -0.2) is 4.39 Å². The van der Waals surface area contributed by atoms with Gasteiger partial charge in [0.05, 0.1) is 0 Å². The highest BCUT2D eigenvalue weighted by molar-refractivity contribution is 5.96. The third kappa shape index (κ3) is 1.95. The first kappa shape index (κ1) is 12.4. The molecule has 0 saturated carbocycles. The van der Waals surface area contributed by atoms with Gasteiger partial charge in [-0.15, -0.1) is 0 Å². The monoisotopic (exact) mass is 269 g/mol. The standard InChI is InChI=1S/C16H12FNO2/c1-18-9-15(10-3-2-4-11(17)7-10)14-8-12(19)5-6-13(14)16(18)20/h2-9,19H,1H3. The first-order valence-electron chi connectivity index (χ1n) is 6.14. The molecule has 3 aromatic rings. The Bertz CT molecular complexity index is 868. The van der Waals surface area contributed by atoms with E-state index < -0.39 is 0 Å². The van der Waals surface area contributed by atoms with Gasteiger partial charge in [-0.1, -0.05) is 12.1 Å². The summed E-state index contributed by atoms with van der Waals surface area (Å²) >= 11 is 0. The van der Waals surface area contributed by atoms with Crippen LogP contribution in [0.2, 0.25) is 0 Å². The number of nitrogens with zero attached hydrogens (tertiary/aromatic N) is 1. The number of benzene rings is 2. The van der Waals surface area contributed by atoms with E-state index in [1.165, 1.54) is 28.8 Å². The first-order chi connectivity index (χ1) is 9.56. The molecule has 0 aliphatic rings. The van der Waals surface area contributed by atoms with Crippen molar-refractivity contribution in [2.24, 2.45) is 7.05 Å². The minimum Gasteiger partial charge on any atom is -0.508 e. The Morgan fingerprint density at radius 1 is 1.10 bits per heavy atom. The molecule has 0 amide bonds. The first-order valence-corrected chi connectivity index (χ1v) is 6.14. The highest BCUT2D eigenvalue weighted by atomic mass is 19.1. The normalized spacial score (nSPS) is 10.9. The SMILES string of the molecule is Cn1cc(-c2cccc(F)c2)c2cc(O)ccc2c1=O. The molecule has 3 nitrogen and oxygen atoms in total. The number of hydrogen-bond acceptors (Lipinski definition) is 2. The molecule has 0 spiro atoms. The second kappa shape index (κ2) is 4.49. The number of aromatic hydroxyl groups is 1. The van der Waals surface area contributed by atoms with Gasteiger partial charge < -0.3 is 9.67 Å². The van der Waals surface area contributed by atoms with Crippen molar-refractivity contribution in [3.05, 3.63) is 64.8 Å². The minimum atomic E-state index is -0.343. The highest BCUT2D eigenvalue weighted by Crippen LogP contribution is 2.29. The number of aryl methyl sites for hydroxylation is 1. The highest BCUT2D eigenvalue weighted by Gasteiger charge is 2.10. The van der Waals surface area contributed by atoms with Crippen molar-refractivity contribution < 1.29 is 9.50 Å². The summed E-state index contributed by atoms with van der Waals surface area (Å²) in [6, 6.07) is 10.7. The molecule has 1 N–H and O–H groups in total. The van der Waals surface area contributed by atoms with Crippen molar-refractivity contribution in [2.45, 2.75) is 0 Å². The zero-order chi connectivity index (χ0) is 14.3. The van der Waals surface area contributed by atoms with Gasteiger partial charge in [-0.3, -0.25) is 4.79 Å². The Balaban J connectivity index is 2.44. The molecule has 2 aromatic carbocycles. The fraction of sp³-hybridized carbons (Fsp3) is 0.0625. The van der Waals surface area contributed by atoms with Gasteiger partial charge in [0.25, 0.3) is 5.56 Å². The maximum atomic E-state index is 13.4. The second-order valence-corrected chi connectivity index (χ2v) is 4.70. The number of phenolic OH excluding ortho intramolecular Hbond substituents is 1. The van der Waals surface area contributed by atoms with Crippen molar-refractivity contribution >= 4 is 10.8 Å². The molecular formula is C16H12FNO2. The number of aromatic nitrogens is 1. The lowest BCUT2D eigenvalue weighted by Crippen LogP contribution is -2.16. The summed E-state index contributed by atoms with van der Waals surface area (Å²) in [5.41, 5.74) is 1.22. The topological polar surface area (TPSA) is 42.2 Å². The summed E-state index contributed by atoms with van der Waals surface area (Å²) in [5.74, 6) is -0.270. The summed E-state index contributed by atoms with van der Waals surface area (Å²) in [5, 5.41) is 10.7. The quantitative estimate of drug-likeness (QED) is 0.737. The molecule has 100 valence electrons. The number of hydrogen-bond donors (Lipinski definition) is 1. The van der Waals surface area contributed by atoms with Crippen LogP contribution in [0.4, 0.5) is 4.39 Å². The molecule has 0 aliphatic heterocycles. The molecular weight excluding hydrogens is 257 g/mol. The molecule has 3 rings (SSSR count). The number of halogens is 1. The van der Waals surface area contributed by atoms with E-state index in [-0.39, 0.29) is 17.1 Å². The van der Waals surface area contributed by atoms with Gasteiger partial charge in [0.15, 0.2) is 0 Å². The smallest absolute Gasteiger partial charge is 0.258 e. The summed E-state index contributed by atoms with van der Waals surface area (Å²) in [6.07, 6.45) is 1.65. The Labute approximate surface area is 114 Å². The van der Waals surface area contributed by atoms with E-state index in [0.717, 1.165) is 0 Å². The molecule has 0 aliphatic carbocycles. The van der Waals surface area contributed by atoms with Crippen LogP contribution in [0.3, 0.4) is 0 Å². The van der Waals surface area contributed by atoms with Crippen LogP contribution in [0, 0.1) is 5.82 Å². The molecule has 4 heteroatoms. The fourth-order valence-corrected chi connectivity index (χ4v) is 2.34. The molecule has 1 aromatic heterocycles. The Morgan fingerprint density at radius 2 is 1.90 bits per heavy atom. The minimum absolute atomic E-state index is 0.0726. The van der Waals surface area contributed by atoms with E-state index >= 15 is 0 Å². The molecule has 0 unspecified atom stereocenters. The lowest BCUT2D eigenvalue weighted by molar-refractivity contribution is 0.476. The second-order valence-electron chi connectivity index (χ2n) is 4.70. The Kier molecular flexibility index (Phi) is 2.79. The predicted molar refractivity (Wildman–Crippen MR) is 76.2 cm³/mol. The van der Waals surface area contributed by atoms with Crippen LogP contribution in [0.5, 0.6) is 5.75 Å². The summed E-state index contributed by atoms with van der Waals surface area (Å²) in [6.45, 7) is 0. The molecule has 0 saturated heterocycles. The number of rotatable bonds is 1. The van der Waals surface area contributed by atoms with Crippen molar-refractivity contribution in [3.8, 4) is 16.9 Å². The van der Waals surface area contributed by atoms with Crippen LogP contribution in [0.1, 0.15) is 0 Å². The molecule has 1 heterocycles. The summed E-state index contributed by atoms with van der Waals surface area (Å²) in [7, 11) is 1.65. The number of pyridine rings is 1. The van der Waals surface area contributed by atoms with Crippen LogP contribution in [-0.4, -0.2) is 9.67 Å². The lowest BCUT2D eigenvalue weighted by Gasteiger charge is -2.10. The van der Waals surface area contributed by atoms with Crippen molar-refractivity contribution in [2.75, 3.05) is 0 Å². The van der Waals surface area contributed by atoms with Crippen molar-refractivity contribution in [3.63, 3.8) is 0 Å². The van der Waals surface area contributed by atoms with E-state index in [1.807, 2.05) is 0 Å². The van der Waals surface area contributed by atoms with Crippen molar-refractivity contribution in [1.29, 1.82) is 0 Å². The van der Waals surface area contributed by atoms with E-state index in [4.69, 9.17) is 0 Å². The molecule has 0 atom stereocenters. The van der Waals surface area contributed by atoms with Gasteiger partial charge in [0, 0.05) is 29.6 Å². The average molecular weight is 269 g/mol. The fourth-order valence-electron chi connectivity index (χ4n) is 2.34. The van der Waals surface area contributed by atoms with E-state index in [2.05, 4.69) is 0 Å². The van der Waals surface area contributed by atoms with E-state index in [1.54, 1.807) is 31.4 Å². The van der Waals surface area contributed by atoms with Gasteiger partial charge >= 0.3 is 0 Å². The predicted octanol–water partition coefficient (Wildman–Crippen LogP) is 3.05. The zero-order valence-corrected chi connectivity index (χ0v) is 10.8. The van der Waals surface area contributed by atoms with Crippen molar-refractivity contribution in [1.82, 2.24) is 4.57 Å². The Morgan fingerprint density at radius 3 is 2.65 bits per heavy atom. The van der Waals surface area contributed by atoms with Crippen LogP contribution in [0.25, 0.3) is 21.9 Å². The van der Waals surface area contributed by atoms with Crippen LogP contribution in [-0.2, 0) is 7.05 Å². The largest absolute Gasteiger partial charge is 0.508 e. The number of fused-ring (bicyclic) bond motifs is 1. The van der Waals surface area contributed by atoms with Crippen LogP contribution >= 0.6 is 0 Å². The van der Waals surface area contributed by atoms with Gasteiger partial charge in [-0.05, 0) is 35.9 Å². The Hall–Kier alpha value is -2.62. The van der Waals surface area contributed by atoms with Gasteiger partial charge in [0.1, 0.15) is 11.6 Å². The van der Waals surface area contributed by atoms with E-state index in [9.17, 15) is 14.3 Å². The summed E-state index contributed by atoms with van der Waals surface area (Å²) in [4.78, 5) is 12.1. The third-order valence-electron chi connectivity index (χ3n) is 3.30. The third-order valence-corrected chi connectivity index (χ3v) is 3.30. The molecule has 0 fully saturated rings. The number of phenols is 1.